The van der Waals surface area contributed by atoms with Crippen molar-refractivity contribution in [3.05, 3.63) is 12.2 Å². The van der Waals surface area contributed by atoms with Gasteiger partial charge in [0, 0.05) is 18.2 Å². The van der Waals surface area contributed by atoms with Gasteiger partial charge in [-0.05, 0) is 37.9 Å². The van der Waals surface area contributed by atoms with E-state index < -0.39 is 5.60 Å². The molecule has 4 unspecified atom stereocenters. The van der Waals surface area contributed by atoms with Gasteiger partial charge in [0.25, 0.3) is 0 Å². The second-order valence-electron chi connectivity index (χ2n) is 5.53. The van der Waals surface area contributed by atoms with E-state index in [0.717, 1.165) is 12.8 Å². The molecule has 0 aromatic carbocycles. The molecule has 3 nitrogen and oxygen atoms in total. The molecule has 1 saturated carbocycles. The molecular weight excluding hydrogens is 234 g/mol. The van der Waals surface area contributed by atoms with Gasteiger partial charge in [0.15, 0.2) is 0 Å². The molecule has 2 rings (SSSR count). The number of hydrogen-bond donors (Lipinski definition) is 2. The van der Waals surface area contributed by atoms with Gasteiger partial charge < -0.3 is 10.4 Å². The molecule has 0 aromatic heterocycles. The average Bonchev–Trinajstić information content (AvgIpc) is 2.87. The van der Waals surface area contributed by atoms with E-state index in [1.165, 1.54) is 0 Å². The van der Waals surface area contributed by atoms with Crippen LogP contribution in [0.15, 0.2) is 12.2 Å². The average molecular weight is 255 g/mol. The maximum absolute atomic E-state index is 12.0. The molecule has 0 heterocycles. The smallest absolute Gasteiger partial charge is 0.223 e. The summed E-state index contributed by atoms with van der Waals surface area (Å²) in [4.78, 5) is 12.0. The van der Waals surface area contributed by atoms with Crippen LogP contribution >= 0.6 is 11.8 Å². The summed E-state index contributed by atoms with van der Waals surface area (Å²) in [6.45, 7) is 2.12. The van der Waals surface area contributed by atoms with E-state index in [1.807, 2.05) is 6.26 Å². The number of allylic oxidation sites excluding steroid dienone is 2. The van der Waals surface area contributed by atoms with E-state index in [9.17, 15) is 9.90 Å². The van der Waals surface area contributed by atoms with E-state index in [0.29, 0.717) is 24.1 Å². The van der Waals surface area contributed by atoms with Crippen LogP contribution in [0.3, 0.4) is 0 Å². The second-order valence-corrected chi connectivity index (χ2v) is 6.40. The van der Waals surface area contributed by atoms with E-state index in [2.05, 4.69) is 17.5 Å². The Balaban J connectivity index is 1.80. The third kappa shape index (κ3) is 3.05. The summed E-state index contributed by atoms with van der Waals surface area (Å²) in [5.74, 6) is 1.94. The zero-order valence-electron chi connectivity index (χ0n) is 10.5. The van der Waals surface area contributed by atoms with Crippen molar-refractivity contribution in [1.82, 2.24) is 5.32 Å². The molecule has 2 aliphatic rings. The highest BCUT2D eigenvalue weighted by molar-refractivity contribution is 7.98. The molecule has 2 N–H and O–H groups in total. The fourth-order valence-electron chi connectivity index (χ4n) is 2.85. The standard InChI is InChI=1S/C13H21NO2S/c1-13(16,8-17-2)7-14-12(15)11-6-9-3-4-10(11)5-9/h3-4,9-11,16H,5-8H2,1-2H3,(H,14,15). The molecule has 0 aliphatic heterocycles. The zero-order valence-corrected chi connectivity index (χ0v) is 11.3. The molecule has 0 radical (unpaired) electrons. The van der Waals surface area contributed by atoms with Crippen LogP contribution < -0.4 is 5.32 Å². The lowest BCUT2D eigenvalue weighted by Crippen LogP contribution is -2.44. The number of carbonyl (C=O) groups is 1. The van der Waals surface area contributed by atoms with Gasteiger partial charge in [-0.1, -0.05) is 12.2 Å². The monoisotopic (exact) mass is 255 g/mol. The lowest BCUT2D eigenvalue weighted by atomic mass is 9.92. The van der Waals surface area contributed by atoms with Gasteiger partial charge in [-0.2, -0.15) is 11.8 Å². The molecule has 4 atom stereocenters. The minimum absolute atomic E-state index is 0.114. The minimum Gasteiger partial charge on any atom is -0.387 e. The Hall–Kier alpha value is -0.480. The van der Waals surface area contributed by atoms with Gasteiger partial charge in [-0.25, -0.2) is 0 Å². The largest absolute Gasteiger partial charge is 0.387 e. The number of nitrogens with one attached hydrogen (secondary N) is 1. The summed E-state index contributed by atoms with van der Waals surface area (Å²) in [5.41, 5.74) is -0.803. The van der Waals surface area contributed by atoms with E-state index in [4.69, 9.17) is 0 Å². The number of amides is 1. The molecule has 96 valence electrons. The molecule has 2 aliphatic carbocycles. The van der Waals surface area contributed by atoms with Gasteiger partial charge in [-0.3, -0.25) is 4.79 Å². The summed E-state index contributed by atoms with van der Waals surface area (Å²) >= 11 is 1.59. The molecule has 0 spiro atoms. The summed E-state index contributed by atoms with van der Waals surface area (Å²) in [7, 11) is 0. The minimum atomic E-state index is -0.803. The number of carbonyl (C=O) groups excluding carboxylic acids is 1. The molecule has 1 amide bonds. The van der Waals surface area contributed by atoms with E-state index >= 15 is 0 Å². The summed E-state index contributed by atoms with van der Waals surface area (Å²) in [6.07, 6.45) is 8.49. The highest BCUT2D eigenvalue weighted by Gasteiger charge is 2.40. The first-order valence-electron chi connectivity index (χ1n) is 6.19. The Morgan fingerprint density at radius 1 is 1.53 bits per heavy atom. The van der Waals surface area contributed by atoms with Gasteiger partial charge in [-0.15, -0.1) is 0 Å². The van der Waals surface area contributed by atoms with Crippen LogP contribution in [0.5, 0.6) is 0 Å². The first kappa shape index (κ1) is 13.0. The second kappa shape index (κ2) is 5.02. The topological polar surface area (TPSA) is 49.3 Å². The van der Waals surface area contributed by atoms with Crippen molar-refractivity contribution in [2.45, 2.75) is 25.4 Å². The maximum atomic E-state index is 12.0. The zero-order chi connectivity index (χ0) is 12.5. The Bertz CT molecular complexity index is 327. The molecule has 17 heavy (non-hydrogen) atoms. The fraction of sp³-hybridized carbons (Fsp3) is 0.769. The Morgan fingerprint density at radius 2 is 2.29 bits per heavy atom. The van der Waals surface area contributed by atoms with Crippen LogP contribution in [0, 0.1) is 17.8 Å². The highest BCUT2D eigenvalue weighted by atomic mass is 32.2. The van der Waals surface area contributed by atoms with Crippen molar-refractivity contribution in [3.8, 4) is 0 Å². The van der Waals surface area contributed by atoms with Crippen molar-refractivity contribution in [2.24, 2.45) is 17.8 Å². The van der Waals surface area contributed by atoms with Gasteiger partial charge in [0.05, 0.1) is 5.60 Å². The van der Waals surface area contributed by atoms with Crippen molar-refractivity contribution in [1.29, 1.82) is 0 Å². The van der Waals surface area contributed by atoms with Crippen LogP contribution in [0.1, 0.15) is 19.8 Å². The fourth-order valence-corrected chi connectivity index (χ4v) is 3.58. The quantitative estimate of drug-likeness (QED) is 0.731. The first-order valence-corrected chi connectivity index (χ1v) is 7.58. The predicted octanol–water partition coefficient (Wildman–Crippen LogP) is 1.43. The molecule has 0 saturated heterocycles. The Morgan fingerprint density at radius 3 is 2.82 bits per heavy atom. The number of thioether (sulfide) groups is 1. The normalized spacial score (nSPS) is 33.7. The third-order valence-electron chi connectivity index (χ3n) is 3.71. The number of rotatable bonds is 5. The third-order valence-corrected chi connectivity index (χ3v) is 4.62. The number of aliphatic hydroxyl groups is 1. The summed E-state index contributed by atoms with van der Waals surface area (Å²) in [5, 5.41) is 12.9. The van der Waals surface area contributed by atoms with Crippen molar-refractivity contribution in [3.63, 3.8) is 0 Å². The van der Waals surface area contributed by atoms with Crippen LogP contribution in [-0.2, 0) is 4.79 Å². The first-order chi connectivity index (χ1) is 8.02. The van der Waals surface area contributed by atoms with Crippen molar-refractivity contribution < 1.29 is 9.90 Å². The predicted molar refractivity (Wildman–Crippen MR) is 70.9 cm³/mol. The molecule has 0 aromatic rings. The highest BCUT2D eigenvalue weighted by Crippen LogP contribution is 2.43. The van der Waals surface area contributed by atoms with Crippen LogP contribution in [-0.4, -0.2) is 35.2 Å². The van der Waals surface area contributed by atoms with Gasteiger partial charge in [0.1, 0.15) is 0 Å². The van der Waals surface area contributed by atoms with Crippen molar-refractivity contribution in [2.75, 3.05) is 18.6 Å². The maximum Gasteiger partial charge on any atom is 0.223 e. The molecule has 2 bridgehead atoms. The van der Waals surface area contributed by atoms with E-state index in [-0.39, 0.29) is 11.8 Å². The lowest BCUT2D eigenvalue weighted by Gasteiger charge is -2.25. The molecular formula is C13H21NO2S. The Kier molecular flexibility index (Phi) is 3.83. The number of hydrogen-bond acceptors (Lipinski definition) is 3. The van der Waals surface area contributed by atoms with E-state index in [1.54, 1.807) is 18.7 Å². The number of fused-ring (bicyclic) bond motifs is 2. The van der Waals surface area contributed by atoms with Crippen LogP contribution in [0.4, 0.5) is 0 Å². The summed E-state index contributed by atoms with van der Waals surface area (Å²) < 4.78 is 0. The Labute approximate surface area is 107 Å². The molecule has 1 fully saturated rings. The molecule has 4 heteroatoms. The lowest BCUT2D eigenvalue weighted by molar-refractivity contribution is -0.126. The van der Waals surface area contributed by atoms with Gasteiger partial charge in [0.2, 0.25) is 5.91 Å². The SMILES string of the molecule is CSCC(C)(O)CNC(=O)C1CC2C=CC1C2. The van der Waals surface area contributed by atoms with Crippen LogP contribution in [0.2, 0.25) is 0 Å². The van der Waals surface area contributed by atoms with Crippen molar-refractivity contribution >= 4 is 17.7 Å². The van der Waals surface area contributed by atoms with Gasteiger partial charge >= 0.3 is 0 Å². The summed E-state index contributed by atoms with van der Waals surface area (Å²) in [6, 6.07) is 0. The van der Waals surface area contributed by atoms with Crippen LogP contribution in [0.25, 0.3) is 0 Å².